The molecule has 0 amide bonds. The van der Waals surface area contributed by atoms with Gasteiger partial charge in [-0.1, -0.05) is 0 Å². The number of nitrogen functional groups attached to an aromatic ring is 1. The minimum Gasteiger partial charge on any atom is -1.00 e. The zero-order valence-electron chi connectivity index (χ0n) is 15.9. The van der Waals surface area contributed by atoms with Gasteiger partial charge in [0.15, 0.2) is 11.4 Å². The Bertz CT molecular complexity index is 1130. The summed E-state index contributed by atoms with van der Waals surface area (Å²) in [5.41, 5.74) is 7.00. The second kappa shape index (κ2) is 8.47. The quantitative estimate of drug-likeness (QED) is 0.135. The van der Waals surface area contributed by atoms with E-state index in [1.54, 1.807) is 0 Å². The summed E-state index contributed by atoms with van der Waals surface area (Å²) in [5.74, 6) is -0.0199. The maximum atomic E-state index is 11.3. The molecule has 0 saturated carbocycles. The average molecular weight is 528 g/mol. The van der Waals surface area contributed by atoms with Gasteiger partial charge in [-0.2, -0.15) is 0 Å². The van der Waals surface area contributed by atoms with Gasteiger partial charge in [-0.3, -0.25) is 14.6 Å². The molecule has 3 aromatic carbocycles. The van der Waals surface area contributed by atoms with Crippen LogP contribution in [-0.4, -0.2) is 31.2 Å². The van der Waals surface area contributed by atoms with E-state index in [-0.39, 0.29) is 40.9 Å². The van der Waals surface area contributed by atoms with Crippen molar-refractivity contribution in [2.45, 2.75) is 0 Å². The number of halogens is 2. The van der Waals surface area contributed by atoms with Crippen LogP contribution in [0.2, 0.25) is 0 Å². The van der Waals surface area contributed by atoms with Gasteiger partial charge >= 0.3 is 0 Å². The average Bonchev–Trinajstić information content (AvgIpc) is 2.61. The van der Waals surface area contributed by atoms with Gasteiger partial charge in [-0.15, -0.1) is 10.2 Å². The van der Waals surface area contributed by atoms with Crippen molar-refractivity contribution >= 4 is 61.8 Å². The fourth-order valence-electron chi connectivity index (χ4n) is 2.71. The lowest BCUT2D eigenvalue weighted by atomic mass is 10.1. The van der Waals surface area contributed by atoms with E-state index < -0.39 is 4.92 Å². The number of nitro groups is 1. The van der Waals surface area contributed by atoms with E-state index >= 15 is 0 Å². The van der Waals surface area contributed by atoms with E-state index in [9.17, 15) is 15.2 Å². The Kier molecular flexibility index (Phi) is 6.66. The second-order valence-corrected chi connectivity index (χ2v) is 8.34. The zero-order valence-corrected chi connectivity index (χ0v) is 18.8. The number of aromatic hydroxyl groups is 1. The van der Waals surface area contributed by atoms with Crippen LogP contribution in [0.25, 0.3) is 10.8 Å². The minimum absolute atomic E-state index is 0. The number of hydrogen-bond donors (Lipinski definition) is 2. The first kappa shape index (κ1) is 22.8. The molecule has 3 rings (SSSR count). The molecule has 0 atom stereocenters. The number of fused-ring (bicyclic) bond motifs is 1. The lowest BCUT2D eigenvalue weighted by Gasteiger charge is -2.23. The van der Waals surface area contributed by atoms with Gasteiger partial charge in [0.05, 0.1) is 29.6 Å². The molecule has 0 saturated heterocycles. The number of phenols is 1. The number of phenolic OH excluding ortho intramolecular Hbond substituents is 1. The van der Waals surface area contributed by atoms with Gasteiger partial charge in [-0.05, 0) is 58.3 Å². The number of rotatable bonds is 4. The monoisotopic (exact) mass is 527 g/mol. The van der Waals surface area contributed by atoms with Crippen LogP contribution in [0.3, 0.4) is 0 Å². The van der Waals surface area contributed by atoms with Crippen molar-refractivity contribution in [3.63, 3.8) is 0 Å². The van der Waals surface area contributed by atoms with Crippen molar-refractivity contribution in [3.05, 3.63) is 56.1 Å². The van der Waals surface area contributed by atoms with E-state index in [0.29, 0.717) is 13.4 Å². The summed E-state index contributed by atoms with van der Waals surface area (Å²) in [7, 11) is 6.10. The summed E-state index contributed by atoms with van der Waals surface area (Å²) in [4.78, 5) is 10.7. The highest BCUT2D eigenvalue weighted by Gasteiger charge is 2.18. The van der Waals surface area contributed by atoms with Gasteiger partial charge in [0, 0.05) is 23.2 Å². The molecular formula is C19H19ClIN5O3. The smallest absolute Gasteiger partial charge is 0.298 e. The summed E-state index contributed by atoms with van der Waals surface area (Å²) in [6.45, 7) is 0. The molecule has 152 valence electrons. The van der Waals surface area contributed by atoms with Crippen molar-refractivity contribution in [2.24, 2.45) is 10.2 Å². The Balaban J connectivity index is 0.00000300. The summed E-state index contributed by atoms with van der Waals surface area (Å²) in [5, 5.41) is 31.7. The molecule has 0 aliphatic rings. The predicted octanol–water partition coefficient (Wildman–Crippen LogP) is 2.26. The second-order valence-electron chi connectivity index (χ2n) is 7.18. The van der Waals surface area contributed by atoms with Crippen LogP contribution in [0, 0.1) is 13.7 Å². The van der Waals surface area contributed by atoms with Crippen molar-refractivity contribution in [2.75, 3.05) is 26.9 Å². The number of benzene rings is 3. The van der Waals surface area contributed by atoms with Gasteiger partial charge in [0.1, 0.15) is 11.4 Å². The van der Waals surface area contributed by atoms with E-state index in [2.05, 4.69) is 10.2 Å². The first-order valence-electron chi connectivity index (χ1n) is 8.31. The van der Waals surface area contributed by atoms with E-state index in [1.165, 1.54) is 18.2 Å². The van der Waals surface area contributed by atoms with Gasteiger partial charge in [-0.25, -0.2) is 0 Å². The van der Waals surface area contributed by atoms with Crippen LogP contribution >= 0.6 is 22.6 Å². The topological polar surface area (TPSA) is 114 Å². The van der Waals surface area contributed by atoms with Crippen LogP contribution in [0.4, 0.5) is 28.4 Å². The van der Waals surface area contributed by atoms with Crippen molar-refractivity contribution < 1.29 is 22.4 Å². The van der Waals surface area contributed by atoms with Gasteiger partial charge < -0.3 is 23.2 Å². The first-order chi connectivity index (χ1) is 13.1. The minimum atomic E-state index is -0.563. The summed E-state index contributed by atoms with van der Waals surface area (Å²) >= 11 is 2.02. The molecule has 0 heterocycles. The number of anilines is 1. The van der Waals surface area contributed by atoms with Crippen molar-refractivity contribution in [3.8, 4) is 5.75 Å². The Hall–Kier alpha value is -2.50. The van der Waals surface area contributed by atoms with Crippen LogP contribution < -0.4 is 22.6 Å². The molecule has 0 unspecified atom stereocenters. The summed E-state index contributed by atoms with van der Waals surface area (Å²) in [6.07, 6.45) is 0. The van der Waals surface area contributed by atoms with E-state index in [1.807, 2.05) is 68.0 Å². The number of nitro benzene ring substituents is 1. The largest absolute Gasteiger partial charge is 1.00 e. The maximum Gasteiger partial charge on any atom is 0.298 e. The Morgan fingerprint density at radius 3 is 2.41 bits per heavy atom. The molecule has 0 aliphatic carbocycles. The fraction of sp³-hybridized carbons (Fsp3) is 0.158. The molecule has 0 bridgehead atoms. The third-order valence-electron chi connectivity index (χ3n) is 4.25. The molecule has 0 spiro atoms. The SMILES string of the molecule is C[N+](C)(C)c1ccc2cc(I)c(O)c(N=Nc3ccc(N)cc3[N+](=O)[O-])c2c1.[Cl-]. The number of nitrogens with two attached hydrogens (primary N) is 1. The fourth-order valence-corrected chi connectivity index (χ4v) is 3.31. The zero-order chi connectivity index (χ0) is 20.6. The highest BCUT2D eigenvalue weighted by molar-refractivity contribution is 14.1. The van der Waals surface area contributed by atoms with Crippen molar-refractivity contribution in [1.82, 2.24) is 4.48 Å². The molecule has 29 heavy (non-hydrogen) atoms. The molecule has 0 aliphatic heterocycles. The first-order valence-corrected chi connectivity index (χ1v) is 9.38. The van der Waals surface area contributed by atoms with E-state index in [0.717, 1.165) is 11.1 Å². The summed E-state index contributed by atoms with van der Waals surface area (Å²) in [6, 6.07) is 12.0. The van der Waals surface area contributed by atoms with Crippen LogP contribution in [0.5, 0.6) is 5.75 Å². The molecule has 0 fully saturated rings. The normalized spacial score (nSPS) is 11.6. The molecule has 10 heteroatoms. The Morgan fingerprint density at radius 2 is 1.79 bits per heavy atom. The number of hydrogen-bond acceptors (Lipinski definition) is 6. The molecule has 0 radical (unpaired) electrons. The van der Waals surface area contributed by atoms with Crippen molar-refractivity contribution in [1.29, 1.82) is 0 Å². The number of azo groups is 1. The van der Waals surface area contributed by atoms with Crippen LogP contribution in [0.1, 0.15) is 0 Å². The van der Waals surface area contributed by atoms with Crippen LogP contribution in [-0.2, 0) is 0 Å². The lowest BCUT2D eigenvalue weighted by molar-refractivity contribution is -0.384. The Labute approximate surface area is 187 Å². The number of quaternary nitrogens is 1. The molecule has 8 nitrogen and oxygen atoms in total. The number of nitrogens with zero attached hydrogens (tertiary/aromatic N) is 4. The molecule has 0 aromatic heterocycles. The molecule has 3 N–H and O–H groups in total. The molecule has 3 aromatic rings. The highest BCUT2D eigenvalue weighted by Crippen LogP contribution is 2.42. The predicted molar refractivity (Wildman–Crippen MR) is 120 cm³/mol. The Morgan fingerprint density at radius 1 is 1.10 bits per heavy atom. The third-order valence-corrected chi connectivity index (χ3v) is 5.08. The standard InChI is InChI=1S/C19H18IN5O3.ClH/c1-25(2,3)13-6-4-11-8-15(20)19(26)18(14(11)10-13)23-22-16-7-5-12(21)9-17(16)24(27)28;/h4-10H,1-3H3,(H2-,21,22,23,26);1H. The lowest BCUT2D eigenvalue weighted by Crippen LogP contribution is -3.00. The molecular weight excluding hydrogens is 509 g/mol. The third kappa shape index (κ3) is 4.74. The highest BCUT2D eigenvalue weighted by atomic mass is 127. The van der Waals surface area contributed by atoms with Crippen LogP contribution in [0.15, 0.2) is 52.7 Å². The van der Waals surface area contributed by atoms with Gasteiger partial charge in [0.2, 0.25) is 0 Å². The summed E-state index contributed by atoms with van der Waals surface area (Å²) < 4.78 is 1.20. The van der Waals surface area contributed by atoms with E-state index in [4.69, 9.17) is 5.73 Å². The van der Waals surface area contributed by atoms with Gasteiger partial charge in [0.25, 0.3) is 5.69 Å². The maximum absolute atomic E-state index is 11.3.